The highest BCUT2D eigenvalue weighted by Gasteiger charge is 2.27. The van der Waals surface area contributed by atoms with Crippen LogP contribution in [0.2, 0.25) is 0 Å². The van der Waals surface area contributed by atoms with Crippen molar-refractivity contribution in [3.05, 3.63) is 75.2 Å². The van der Waals surface area contributed by atoms with E-state index < -0.39 is 4.92 Å². The number of nitro groups is 1. The summed E-state index contributed by atoms with van der Waals surface area (Å²) < 4.78 is 5.76. The Morgan fingerprint density at radius 1 is 1.30 bits per heavy atom. The Bertz CT molecular complexity index is 1020. The number of non-ortho nitro benzene ring substituents is 1. The number of nitrogens with zero attached hydrogens (tertiary/aromatic N) is 2. The zero-order chi connectivity index (χ0) is 21.7. The molecule has 9 nitrogen and oxygen atoms in total. The van der Waals surface area contributed by atoms with Crippen molar-refractivity contribution in [1.82, 2.24) is 10.7 Å². The molecule has 9 heteroatoms. The highest BCUT2D eigenvalue weighted by atomic mass is 16.6. The van der Waals surface area contributed by atoms with Gasteiger partial charge in [-0.3, -0.25) is 19.7 Å². The third-order valence-electron chi connectivity index (χ3n) is 4.77. The number of carbonyl (C=O) groups excluding carboxylic acids is 2. The van der Waals surface area contributed by atoms with Gasteiger partial charge in [-0.25, -0.2) is 5.43 Å². The molecule has 2 aromatic rings. The normalized spacial score (nSPS) is 14.1. The monoisotopic (exact) mass is 410 g/mol. The first kappa shape index (κ1) is 21.0. The molecule has 0 fully saturated rings. The van der Waals surface area contributed by atoms with Gasteiger partial charge in [-0.2, -0.15) is 5.10 Å². The number of amides is 2. The molecule has 1 heterocycles. The summed E-state index contributed by atoms with van der Waals surface area (Å²) in [4.78, 5) is 34.8. The van der Waals surface area contributed by atoms with Crippen LogP contribution in [0.3, 0.4) is 0 Å². The van der Waals surface area contributed by atoms with Gasteiger partial charge >= 0.3 is 0 Å². The van der Waals surface area contributed by atoms with Crippen LogP contribution in [0.4, 0.5) is 5.69 Å². The van der Waals surface area contributed by atoms with Gasteiger partial charge in [0.25, 0.3) is 11.6 Å². The molecule has 0 unspecified atom stereocenters. The summed E-state index contributed by atoms with van der Waals surface area (Å²) in [6, 6.07) is 5.79. The lowest BCUT2D eigenvalue weighted by Gasteiger charge is -2.13. The van der Waals surface area contributed by atoms with Gasteiger partial charge in [-0.1, -0.05) is 18.2 Å². The van der Waals surface area contributed by atoms with Crippen LogP contribution < -0.4 is 10.7 Å². The zero-order valence-corrected chi connectivity index (χ0v) is 16.6. The summed E-state index contributed by atoms with van der Waals surface area (Å²) in [5.74, 6) is 0.274. The minimum atomic E-state index is -0.490. The third-order valence-corrected chi connectivity index (χ3v) is 4.77. The first-order valence-electron chi connectivity index (χ1n) is 9.51. The number of benzene rings is 1. The van der Waals surface area contributed by atoms with Crippen LogP contribution in [0.25, 0.3) is 0 Å². The first-order valence-corrected chi connectivity index (χ1v) is 9.51. The van der Waals surface area contributed by atoms with E-state index in [-0.39, 0.29) is 29.7 Å². The summed E-state index contributed by atoms with van der Waals surface area (Å²) in [6.07, 6.45) is 3.77. The molecule has 1 aromatic heterocycles. The summed E-state index contributed by atoms with van der Waals surface area (Å²) in [6.45, 7) is 5.71. The van der Waals surface area contributed by atoms with E-state index in [2.05, 4.69) is 22.4 Å². The predicted molar refractivity (Wildman–Crippen MR) is 110 cm³/mol. The maximum atomic E-state index is 12.3. The predicted octanol–water partition coefficient (Wildman–Crippen LogP) is 2.81. The van der Waals surface area contributed by atoms with Crippen molar-refractivity contribution < 1.29 is 18.9 Å². The van der Waals surface area contributed by atoms with Crippen molar-refractivity contribution in [2.45, 2.75) is 32.6 Å². The topological polar surface area (TPSA) is 127 Å². The molecular weight excluding hydrogens is 388 g/mol. The van der Waals surface area contributed by atoms with Crippen molar-refractivity contribution in [3.63, 3.8) is 0 Å². The second-order valence-electron chi connectivity index (χ2n) is 6.90. The Morgan fingerprint density at radius 2 is 2.03 bits per heavy atom. The van der Waals surface area contributed by atoms with Crippen LogP contribution in [0.15, 0.2) is 46.4 Å². The van der Waals surface area contributed by atoms with Gasteiger partial charge in [-0.15, -0.1) is 6.58 Å². The minimum absolute atomic E-state index is 0.0301. The number of hydrogen-bond acceptors (Lipinski definition) is 6. The lowest BCUT2D eigenvalue weighted by atomic mass is 9.93. The fourth-order valence-electron chi connectivity index (χ4n) is 3.33. The third kappa shape index (κ3) is 4.62. The summed E-state index contributed by atoms with van der Waals surface area (Å²) in [7, 11) is 0. The van der Waals surface area contributed by atoms with E-state index in [1.54, 1.807) is 13.0 Å². The Morgan fingerprint density at radius 3 is 2.70 bits per heavy atom. The molecule has 156 valence electrons. The van der Waals surface area contributed by atoms with E-state index in [0.717, 1.165) is 12.0 Å². The molecule has 0 bridgehead atoms. The maximum absolute atomic E-state index is 12.3. The fraction of sp³-hybridized carbons (Fsp3) is 0.286. The first-order chi connectivity index (χ1) is 14.4. The Labute approximate surface area is 173 Å². The quantitative estimate of drug-likeness (QED) is 0.412. The van der Waals surface area contributed by atoms with Gasteiger partial charge in [0.15, 0.2) is 5.76 Å². The number of hydrogen-bond donors (Lipinski definition) is 2. The molecule has 0 spiro atoms. The van der Waals surface area contributed by atoms with E-state index >= 15 is 0 Å². The van der Waals surface area contributed by atoms with Crippen molar-refractivity contribution >= 4 is 23.2 Å². The number of aryl methyl sites for hydroxylation is 1. The van der Waals surface area contributed by atoms with Crippen LogP contribution in [0.5, 0.6) is 0 Å². The van der Waals surface area contributed by atoms with Crippen LogP contribution in [-0.2, 0) is 17.6 Å². The SMILES string of the molecule is C=CCNC(=O)c1oc2c(c1C)/C(=N/NC(=O)Cc1ccc([N+](=O)[O-])cc1)CCC2. The number of hydrazone groups is 1. The van der Waals surface area contributed by atoms with E-state index in [0.29, 0.717) is 42.0 Å². The van der Waals surface area contributed by atoms with Crippen molar-refractivity contribution in [2.24, 2.45) is 5.10 Å². The Hall–Kier alpha value is -3.75. The number of nitrogens with one attached hydrogen (secondary N) is 2. The molecule has 0 saturated carbocycles. The smallest absolute Gasteiger partial charge is 0.287 e. The molecule has 30 heavy (non-hydrogen) atoms. The molecule has 0 radical (unpaired) electrons. The van der Waals surface area contributed by atoms with Gasteiger partial charge in [-0.05, 0) is 25.3 Å². The Balaban J connectivity index is 1.72. The number of rotatable bonds is 7. The van der Waals surface area contributed by atoms with E-state index in [1.807, 2.05) is 0 Å². The van der Waals surface area contributed by atoms with Crippen LogP contribution in [0, 0.1) is 17.0 Å². The average Bonchev–Trinajstić information content (AvgIpc) is 3.08. The number of fused-ring (bicyclic) bond motifs is 1. The zero-order valence-electron chi connectivity index (χ0n) is 16.6. The van der Waals surface area contributed by atoms with Crippen LogP contribution in [0.1, 0.15) is 45.8 Å². The minimum Gasteiger partial charge on any atom is -0.455 e. The average molecular weight is 410 g/mol. The van der Waals surface area contributed by atoms with Crippen molar-refractivity contribution in [1.29, 1.82) is 0 Å². The van der Waals surface area contributed by atoms with Gasteiger partial charge in [0, 0.05) is 36.2 Å². The summed E-state index contributed by atoms with van der Waals surface area (Å²) in [5.41, 5.74) is 5.27. The molecule has 1 aliphatic carbocycles. The van der Waals surface area contributed by atoms with Gasteiger partial charge in [0.05, 0.1) is 17.1 Å². The van der Waals surface area contributed by atoms with Crippen molar-refractivity contribution in [3.8, 4) is 0 Å². The molecule has 1 aliphatic rings. The van der Waals surface area contributed by atoms with Gasteiger partial charge < -0.3 is 9.73 Å². The van der Waals surface area contributed by atoms with Crippen LogP contribution >= 0.6 is 0 Å². The van der Waals surface area contributed by atoms with E-state index in [9.17, 15) is 19.7 Å². The number of nitro benzene ring substituents is 1. The van der Waals surface area contributed by atoms with Gasteiger partial charge in [0.1, 0.15) is 5.76 Å². The standard InChI is InChI=1S/C21H22N4O5/c1-3-11-22-21(27)20-13(2)19-16(5-4-6-17(19)30-20)23-24-18(26)12-14-7-9-15(10-8-14)25(28)29/h3,7-10H,1,4-6,11-12H2,2H3,(H,22,27)(H,24,26)/b23-16+. The molecular formula is C21H22N4O5. The number of carbonyl (C=O) groups is 2. The molecule has 1 aromatic carbocycles. The molecule has 2 N–H and O–H groups in total. The maximum Gasteiger partial charge on any atom is 0.287 e. The van der Waals surface area contributed by atoms with E-state index in [4.69, 9.17) is 4.42 Å². The second kappa shape index (κ2) is 9.17. The molecule has 0 aliphatic heterocycles. The molecule has 0 atom stereocenters. The van der Waals surface area contributed by atoms with E-state index in [1.165, 1.54) is 24.3 Å². The highest BCUT2D eigenvalue weighted by molar-refractivity contribution is 6.06. The fourth-order valence-corrected chi connectivity index (χ4v) is 3.33. The summed E-state index contributed by atoms with van der Waals surface area (Å²) >= 11 is 0. The summed E-state index contributed by atoms with van der Waals surface area (Å²) in [5, 5.41) is 17.7. The lowest BCUT2D eigenvalue weighted by molar-refractivity contribution is -0.384. The number of furan rings is 1. The highest BCUT2D eigenvalue weighted by Crippen LogP contribution is 2.29. The Kier molecular flexibility index (Phi) is 6.41. The molecule has 0 saturated heterocycles. The van der Waals surface area contributed by atoms with Crippen molar-refractivity contribution in [2.75, 3.05) is 6.54 Å². The largest absolute Gasteiger partial charge is 0.455 e. The van der Waals surface area contributed by atoms with Gasteiger partial charge in [0.2, 0.25) is 5.91 Å². The van der Waals surface area contributed by atoms with Crippen LogP contribution in [-0.4, -0.2) is 29.0 Å². The molecule has 2 amide bonds. The lowest BCUT2D eigenvalue weighted by Crippen LogP contribution is -2.24. The molecule has 3 rings (SSSR count). The second-order valence-corrected chi connectivity index (χ2v) is 6.90.